The molecular weight excluding hydrogens is 418 g/mol. The molecule has 5 rings (SSSR count). The Labute approximate surface area is 191 Å². The van der Waals surface area contributed by atoms with Crippen LogP contribution < -0.4 is 20.9 Å². The molecule has 2 aromatic carbocycles. The van der Waals surface area contributed by atoms with E-state index < -0.39 is 0 Å². The van der Waals surface area contributed by atoms with Gasteiger partial charge in [0.2, 0.25) is 5.95 Å². The minimum absolute atomic E-state index is 0.224. The van der Waals surface area contributed by atoms with Crippen LogP contribution in [0.4, 0.5) is 11.6 Å². The Balaban J connectivity index is 1.69. The first kappa shape index (κ1) is 21.1. The van der Waals surface area contributed by atoms with Gasteiger partial charge in [0, 0.05) is 25.8 Å². The zero-order valence-corrected chi connectivity index (χ0v) is 19.3. The second kappa shape index (κ2) is 7.95. The highest BCUT2D eigenvalue weighted by molar-refractivity contribution is 5.77. The Morgan fingerprint density at radius 3 is 2.55 bits per heavy atom. The maximum Gasteiger partial charge on any atom is 0.332 e. The zero-order valence-electron chi connectivity index (χ0n) is 19.3. The van der Waals surface area contributed by atoms with Crippen LogP contribution in [0.15, 0.2) is 58.1 Å². The summed E-state index contributed by atoms with van der Waals surface area (Å²) in [6.07, 6.45) is 0. The van der Waals surface area contributed by atoms with Gasteiger partial charge in [0.1, 0.15) is 5.75 Å². The normalized spacial score (nSPS) is 15.6. The molecule has 0 fully saturated rings. The van der Waals surface area contributed by atoms with Crippen molar-refractivity contribution in [3.05, 3.63) is 80.5 Å². The van der Waals surface area contributed by atoms with Gasteiger partial charge in [-0.3, -0.25) is 13.9 Å². The first-order chi connectivity index (χ1) is 15.9. The fourth-order valence-corrected chi connectivity index (χ4v) is 4.62. The van der Waals surface area contributed by atoms with E-state index in [0.717, 1.165) is 29.1 Å². The number of benzene rings is 2. The molecule has 3 heterocycles. The highest BCUT2D eigenvalue weighted by Crippen LogP contribution is 2.33. The summed E-state index contributed by atoms with van der Waals surface area (Å²) in [6, 6.07) is 15.6. The predicted octanol–water partition coefficient (Wildman–Crippen LogP) is 3.05. The highest BCUT2D eigenvalue weighted by Gasteiger charge is 2.29. The van der Waals surface area contributed by atoms with E-state index in [1.165, 1.54) is 9.13 Å². The topological polar surface area (TPSA) is 74.3 Å². The SMILES string of the molecule is COc1ccc(N2C[C@@H](C)Cn3c2nc2c3c(=O)n(Cc3cccc(C)c3)c(=O)n2C)cc1. The highest BCUT2D eigenvalue weighted by atomic mass is 16.5. The minimum Gasteiger partial charge on any atom is -0.497 e. The van der Waals surface area contributed by atoms with Crippen LogP contribution >= 0.6 is 0 Å². The number of fused-ring (bicyclic) bond motifs is 3. The van der Waals surface area contributed by atoms with Gasteiger partial charge in [0.15, 0.2) is 11.2 Å². The van der Waals surface area contributed by atoms with E-state index in [2.05, 4.69) is 11.8 Å². The van der Waals surface area contributed by atoms with Crippen LogP contribution in [0.2, 0.25) is 0 Å². The van der Waals surface area contributed by atoms with E-state index in [0.29, 0.717) is 29.6 Å². The number of methoxy groups -OCH3 is 1. The van der Waals surface area contributed by atoms with Crippen molar-refractivity contribution in [2.75, 3.05) is 18.6 Å². The van der Waals surface area contributed by atoms with Crippen LogP contribution in [-0.4, -0.2) is 32.3 Å². The number of hydrogen-bond acceptors (Lipinski definition) is 5. The predicted molar refractivity (Wildman–Crippen MR) is 129 cm³/mol. The summed E-state index contributed by atoms with van der Waals surface area (Å²) in [4.78, 5) is 33.6. The molecule has 1 aliphatic rings. The summed E-state index contributed by atoms with van der Waals surface area (Å²) < 4.78 is 10.0. The first-order valence-electron chi connectivity index (χ1n) is 11.0. The Kier molecular flexibility index (Phi) is 5.08. The molecule has 8 heteroatoms. The smallest absolute Gasteiger partial charge is 0.332 e. The van der Waals surface area contributed by atoms with Crippen molar-refractivity contribution < 1.29 is 4.74 Å². The van der Waals surface area contributed by atoms with E-state index in [1.807, 2.05) is 60.0 Å². The van der Waals surface area contributed by atoms with Crippen molar-refractivity contribution >= 4 is 22.8 Å². The van der Waals surface area contributed by atoms with Crippen molar-refractivity contribution in [3.8, 4) is 5.75 Å². The number of anilines is 2. The third-order valence-corrected chi connectivity index (χ3v) is 6.25. The molecule has 0 saturated carbocycles. The van der Waals surface area contributed by atoms with Crippen molar-refractivity contribution in [2.45, 2.75) is 26.9 Å². The van der Waals surface area contributed by atoms with Gasteiger partial charge in [0.25, 0.3) is 5.56 Å². The van der Waals surface area contributed by atoms with E-state index in [-0.39, 0.29) is 17.8 Å². The van der Waals surface area contributed by atoms with Crippen LogP contribution in [-0.2, 0) is 20.1 Å². The molecule has 1 aliphatic heterocycles. The fraction of sp³-hybridized carbons (Fsp3) is 0.320. The van der Waals surface area contributed by atoms with E-state index >= 15 is 0 Å². The molecule has 2 aromatic heterocycles. The molecule has 0 N–H and O–H groups in total. The number of aromatic nitrogens is 4. The molecule has 0 spiro atoms. The lowest BCUT2D eigenvalue weighted by Gasteiger charge is -2.33. The molecular formula is C25H27N5O3. The monoisotopic (exact) mass is 445 g/mol. The van der Waals surface area contributed by atoms with Gasteiger partial charge in [-0.05, 0) is 42.7 Å². The third kappa shape index (κ3) is 3.51. The summed E-state index contributed by atoms with van der Waals surface area (Å²) >= 11 is 0. The average molecular weight is 446 g/mol. The third-order valence-electron chi connectivity index (χ3n) is 6.25. The van der Waals surface area contributed by atoms with Gasteiger partial charge in [-0.25, -0.2) is 4.79 Å². The van der Waals surface area contributed by atoms with Crippen molar-refractivity contribution in [3.63, 3.8) is 0 Å². The summed E-state index contributed by atoms with van der Waals surface area (Å²) in [6.45, 7) is 5.80. The van der Waals surface area contributed by atoms with Crippen molar-refractivity contribution in [1.82, 2.24) is 18.7 Å². The van der Waals surface area contributed by atoms with E-state index in [1.54, 1.807) is 14.2 Å². The summed E-state index contributed by atoms with van der Waals surface area (Å²) in [5.74, 6) is 1.74. The minimum atomic E-state index is -0.367. The Morgan fingerprint density at radius 2 is 1.85 bits per heavy atom. The number of imidazole rings is 1. The molecule has 170 valence electrons. The van der Waals surface area contributed by atoms with Gasteiger partial charge >= 0.3 is 5.69 Å². The lowest BCUT2D eigenvalue weighted by Crippen LogP contribution is -2.40. The largest absolute Gasteiger partial charge is 0.497 e. The molecule has 0 radical (unpaired) electrons. The molecule has 8 nitrogen and oxygen atoms in total. The van der Waals surface area contributed by atoms with Crippen LogP contribution in [0.3, 0.4) is 0 Å². The second-order valence-electron chi connectivity index (χ2n) is 8.83. The zero-order chi connectivity index (χ0) is 23.3. The van der Waals surface area contributed by atoms with E-state index in [9.17, 15) is 9.59 Å². The molecule has 33 heavy (non-hydrogen) atoms. The standard InChI is InChI=1S/C25H27N5O3/c1-16-6-5-7-18(12-16)15-30-23(31)21-22(27(3)25(30)32)26-24-28(13-17(2)14-29(21)24)19-8-10-20(33-4)11-9-19/h5-12,17H,13-15H2,1-4H3/t17-/m1/s1. The molecule has 0 unspecified atom stereocenters. The number of hydrogen-bond donors (Lipinski definition) is 0. The van der Waals surface area contributed by atoms with Gasteiger partial charge in [-0.15, -0.1) is 0 Å². The Morgan fingerprint density at radius 1 is 1.09 bits per heavy atom. The molecule has 4 aromatic rings. The number of nitrogens with zero attached hydrogens (tertiary/aromatic N) is 5. The Hall–Kier alpha value is -3.81. The fourth-order valence-electron chi connectivity index (χ4n) is 4.62. The molecule has 0 amide bonds. The second-order valence-corrected chi connectivity index (χ2v) is 8.83. The molecule has 0 saturated heterocycles. The maximum absolute atomic E-state index is 13.6. The lowest BCUT2D eigenvalue weighted by atomic mass is 10.1. The number of ether oxygens (including phenoxy) is 1. The van der Waals surface area contributed by atoms with Crippen molar-refractivity contribution in [1.29, 1.82) is 0 Å². The Bertz CT molecular complexity index is 1460. The molecule has 0 bridgehead atoms. The lowest BCUT2D eigenvalue weighted by molar-refractivity contribution is 0.414. The summed E-state index contributed by atoms with van der Waals surface area (Å²) in [7, 11) is 3.32. The maximum atomic E-state index is 13.6. The van der Waals surface area contributed by atoms with Crippen LogP contribution in [0, 0.1) is 12.8 Å². The van der Waals surface area contributed by atoms with Crippen LogP contribution in [0.5, 0.6) is 5.75 Å². The quantitative estimate of drug-likeness (QED) is 0.483. The number of rotatable bonds is 4. The van der Waals surface area contributed by atoms with Crippen molar-refractivity contribution in [2.24, 2.45) is 13.0 Å². The first-order valence-corrected chi connectivity index (χ1v) is 11.0. The summed E-state index contributed by atoms with van der Waals surface area (Å²) in [5, 5.41) is 0. The molecule has 0 aliphatic carbocycles. The average Bonchev–Trinajstić information content (AvgIpc) is 3.19. The van der Waals surface area contributed by atoms with Crippen LogP contribution in [0.1, 0.15) is 18.1 Å². The van der Waals surface area contributed by atoms with Gasteiger partial charge in [-0.1, -0.05) is 36.8 Å². The molecule has 1 atom stereocenters. The number of aryl methyl sites for hydroxylation is 2. The summed E-state index contributed by atoms with van der Waals surface area (Å²) in [5.41, 5.74) is 3.16. The van der Waals surface area contributed by atoms with Gasteiger partial charge in [-0.2, -0.15) is 4.98 Å². The van der Waals surface area contributed by atoms with Crippen LogP contribution in [0.25, 0.3) is 11.2 Å². The van der Waals surface area contributed by atoms with Gasteiger partial charge in [0.05, 0.1) is 13.7 Å². The van der Waals surface area contributed by atoms with Gasteiger partial charge < -0.3 is 14.2 Å². The van der Waals surface area contributed by atoms with E-state index in [4.69, 9.17) is 9.72 Å².